The SMILES string of the molecule is C=C[14CH2][NH+]([14CH2]C=C)[14CH2]C=C. The molecule has 1 heteroatoms. The molecule has 0 aliphatic carbocycles. The summed E-state index contributed by atoms with van der Waals surface area (Å²) in [6.07, 6.45) is 5.76. The summed E-state index contributed by atoms with van der Waals surface area (Å²) in [5.74, 6) is 0. The Hall–Kier alpha value is -0.820. The van der Waals surface area contributed by atoms with E-state index in [0.29, 0.717) is 0 Å². The molecule has 56 valence electrons. The summed E-state index contributed by atoms with van der Waals surface area (Å²) >= 11 is 0. The predicted octanol–water partition coefficient (Wildman–Crippen LogP) is 0.429. The van der Waals surface area contributed by atoms with Gasteiger partial charge in [0.1, 0.15) is 0 Å². The molecule has 0 rings (SSSR count). The second-order valence-corrected chi connectivity index (χ2v) is 2.23. The molecule has 0 saturated carbocycles. The molecule has 0 aliphatic rings. The van der Waals surface area contributed by atoms with Gasteiger partial charge < -0.3 is 4.90 Å². The number of quaternary nitrogens is 1. The van der Waals surface area contributed by atoms with Gasteiger partial charge in [-0.1, -0.05) is 19.7 Å². The fourth-order valence-electron chi connectivity index (χ4n) is 0.862. The fourth-order valence-corrected chi connectivity index (χ4v) is 0.862. The van der Waals surface area contributed by atoms with E-state index in [4.69, 9.17) is 0 Å². The van der Waals surface area contributed by atoms with Crippen LogP contribution in [0.25, 0.3) is 0 Å². The fraction of sp³-hybridized carbons (Fsp3) is 0.333. The minimum absolute atomic E-state index is 0.984. The van der Waals surface area contributed by atoms with Gasteiger partial charge in [0.05, 0.1) is 19.6 Å². The maximum Gasteiger partial charge on any atom is 0.0960 e. The van der Waals surface area contributed by atoms with Crippen LogP contribution in [0.15, 0.2) is 38.0 Å². The molecular formula is C9H16N+. The zero-order chi connectivity index (χ0) is 7.82. The van der Waals surface area contributed by atoms with E-state index in [2.05, 4.69) is 19.7 Å². The van der Waals surface area contributed by atoms with E-state index in [1.165, 1.54) is 4.90 Å². The Balaban J connectivity index is 3.58. The third-order valence-electron chi connectivity index (χ3n) is 1.30. The Bertz CT molecular complexity index is 92.1. The number of hydrogen-bond donors (Lipinski definition) is 1. The highest BCUT2D eigenvalue weighted by Gasteiger charge is 1.97. The number of rotatable bonds is 6. The van der Waals surface area contributed by atoms with Crippen molar-refractivity contribution in [3.05, 3.63) is 38.0 Å². The first kappa shape index (κ1) is 9.18. The lowest BCUT2D eigenvalue weighted by Gasteiger charge is -2.12. The highest BCUT2D eigenvalue weighted by atomic mass is 15.9. The van der Waals surface area contributed by atoms with Gasteiger partial charge in [-0.05, 0) is 18.2 Å². The van der Waals surface area contributed by atoms with Gasteiger partial charge in [-0.15, -0.1) is 0 Å². The van der Waals surface area contributed by atoms with Crippen molar-refractivity contribution in [1.82, 2.24) is 0 Å². The van der Waals surface area contributed by atoms with Crippen LogP contribution < -0.4 is 4.90 Å². The maximum absolute atomic E-state index is 3.68. The standard InChI is InChI=1S/C9H15N/c1-4-7-10(8-5-2)9-6-3/h4-6H,1-3,7-9H2/p+1/i7+2,8+2,9+2. The van der Waals surface area contributed by atoms with Crippen LogP contribution in [0.4, 0.5) is 0 Å². The van der Waals surface area contributed by atoms with E-state index < -0.39 is 0 Å². The molecule has 0 amide bonds. The summed E-state index contributed by atoms with van der Waals surface area (Å²) < 4.78 is 0. The molecule has 0 aromatic heterocycles. The summed E-state index contributed by atoms with van der Waals surface area (Å²) in [6.45, 7) is 14.0. The minimum atomic E-state index is 0.984. The van der Waals surface area contributed by atoms with E-state index in [1.54, 1.807) is 0 Å². The largest absolute Gasteiger partial charge is 0.325 e. The van der Waals surface area contributed by atoms with Crippen LogP contribution in [0.3, 0.4) is 0 Å². The normalized spacial score (nSPS) is 9.30. The monoisotopic (exact) mass is 144 g/mol. The van der Waals surface area contributed by atoms with E-state index >= 15 is 0 Å². The average Bonchev–Trinajstić information content (AvgIpc) is 1.90. The highest BCUT2D eigenvalue weighted by molar-refractivity contribution is 4.71. The highest BCUT2D eigenvalue weighted by Crippen LogP contribution is 1.59. The Morgan fingerprint density at radius 2 is 1.10 bits per heavy atom. The predicted molar refractivity (Wildman–Crippen MR) is 46.2 cm³/mol. The second-order valence-electron chi connectivity index (χ2n) is 2.23. The Morgan fingerprint density at radius 3 is 1.30 bits per heavy atom. The quantitative estimate of drug-likeness (QED) is 0.516. The van der Waals surface area contributed by atoms with Crippen LogP contribution >= 0.6 is 0 Å². The third-order valence-corrected chi connectivity index (χ3v) is 1.30. The van der Waals surface area contributed by atoms with Gasteiger partial charge in [0.2, 0.25) is 0 Å². The smallest absolute Gasteiger partial charge is 0.0960 e. The van der Waals surface area contributed by atoms with E-state index in [1.807, 2.05) is 18.2 Å². The van der Waals surface area contributed by atoms with Crippen LogP contribution in [0.2, 0.25) is 0 Å². The van der Waals surface area contributed by atoms with Gasteiger partial charge in [-0.2, -0.15) is 0 Å². The summed E-state index contributed by atoms with van der Waals surface area (Å²) in [5.41, 5.74) is 0. The van der Waals surface area contributed by atoms with Gasteiger partial charge in [0.25, 0.3) is 0 Å². The second kappa shape index (κ2) is 6.30. The number of hydrogen-bond acceptors (Lipinski definition) is 0. The summed E-state index contributed by atoms with van der Waals surface area (Å²) in [7, 11) is 0. The van der Waals surface area contributed by atoms with Crippen molar-refractivity contribution in [3.63, 3.8) is 0 Å². The minimum Gasteiger partial charge on any atom is -0.325 e. The van der Waals surface area contributed by atoms with Gasteiger partial charge in [0.15, 0.2) is 0 Å². The topological polar surface area (TPSA) is 4.44 Å². The summed E-state index contributed by atoms with van der Waals surface area (Å²) in [4.78, 5) is 1.43. The molecule has 0 fully saturated rings. The molecule has 0 aromatic carbocycles. The molecule has 10 heavy (non-hydrogen) atoms. The lowest BCUT2D eigenvalue weighted by atomic mass is 11.0. The van der Waals surface area contributed by atoms with Gasteiger partial charge >= 0.3 is 0 Å². The van der Waals surface area contributed by atoms with Crippen molar-refractivity contribution < 1.29 is 4.90 Å². The molecule has 0 atom stereocenters. The Morgan fingerprint density at radius 1 is 0.800 bits per heavy atom. The van der Waals surface area contributed by atoms with Crippen LogP contribution in [-0.2, 0) is 0 Å². The molecular weight excluding hydrogens is 128 g/mol. The van der Waals surface area contributed by atoms with Crippen LogP contribution in [-0.4, -0.2) is 19.6 Å². The molecule has 0 aromatic rings. The first-order valence-corrected chi connectivity index (χ1v) is 3.51. The first-order chi connectivity index (χ1) is 4.85. The molecule has 0 unspecified atom stereocenters. The van der Waals surface area contributed by atoms with Gasteiger partial charge in [-0.3, -0.25) is 0 Å². The van der Waals surface area contributed by atoms with Crippen LogP contribution in [0.5, 0.6) is 0 Å². The van der Waals surface area contributed by atoms with Gasteiger partial charge in [-0.25, -0.2) is 0 Å². The molecule has 1 N–H and O–H groups in total. The Labute approximate surface area is 63.3 Å². The average molecular weight is 144 g/mol. The van der Waals surface area contributed by atoms with Crippen molar-refractivity contribution >= 4 is 0 Å². The first-order valence-electron chi connectivity index (χ1n) is 3.51. The van der Waals surface area contributed by atoms with E-state index in [0.717, 1.165) is 19.6 Å². The van der Waals surface area contributed by atoms with Crippen molar-refractivity contribution in [2.75, 3.05) is 19.6 Å². The zero-order valence-electron chi connectivity index (χ0n) is 6.47. The zero-order valence-corrected chi connectivity index (χ0v) is 6.47. The molecule has 0 bridgehead atoms. The molecule has 0 radical (unpaired) electrons. The van der Waals surface area contributed by atoms with E-state index in [9.17, 15) is 0 Å². The summed E-state index contributed by atoms with van der Waals surface area (Å²) in [5, 5.41) is 0. The third kappa shape index (κ3) is 4.10. The van der Waals surface area contributed by atoms with Crippen molar-refractivity contribution in [2.24, 2.45) is 0 Å². The van der Waals surface area contributed by atoms with Crippen molar-refractivity contribution in [2.45, 2.75) is 0 Å². The van der Waals surface area contributed by atoms with Gasteiger partial charge in [0, 0.05) is 0 Å². The van der Waals surface area contributed by atoms with Crippen molar-refractivity contribution in [1.29, 1.82) is 0 Å². The van der Waals surface area contributed by atoms with Crippen LogP contribution in [0.1, 0.15) is 0 Å². The molecule has 0 heterocycles. The summed E-state index contributed by atoms with van der Waals surface area (Å²) in [6, 6.07) is 0. The van der Waals surface area contributed by atoms with Crippen molar-refractivity contribution in [3.8, 4) is 0 Å². The lowest BCUT2D eigenvalue weighted by Crippen LogP contribution is -3.11. The maximum atomic E-state index is 3.68. The molecule has 0 aliphatic heterocycles. The lowest BCUT2D eigenvalue weighted by molar-refractivity contribution is -0.881. The van der Waals surface area contributed by atoms with E-state index in [-0.39, 0.29) is 0 Å². The number of nitrogens with one attached hydrogen (secondary N) is 1. The molecule has 0 spiro atoms. The molecule has 1 nitrogen and oxygen atoms in total. The Kier molecular flexibility index (Phi) is 5.79. The van der Waals surface area contributed by atoms with Crippen LogP contribution in [0, 0.1) is 0 Å². The molecule has 0 saturated heterocycles.